The lowest BCUT2D eigenvalue weighted by Gasteiger charge is -2.47. The predicted molar refractivity (Wildman–Crippen MR) is 69.8 cm³/mol. The van der Waals surface area contributed by atoms with Crippen molar-refractivity contribution >= 4 is 0 Å². The Kier molecular flexibility index (Phi) is 4.45. The summed E-state index contributed by atoms with van der Waals surface area (Å²) in [7, 11) is 0. The highest BCUT2D eigenvalue weighted by atomic mass is 19.4. The van der Waals surface area contributed by atoms with Crippen molar-refractivity contribution in [2.45, 2.75) is 57.2 Å². The van der Waals surface area contributed by atoms with Gasteiger partial charge in [0.05, 0.1) is 5.92 Å². The fourth-order valence-electron chi connectivity index (χ4n) is 3.82. The van der Waals surface area contributed by atoms with Crippen LogP contribution in [0.4, 0.5) is 13.2 Å². The first-order valence-corrected chi connectivity index (χ1v) is 7.43. The molecule has 3 atom stereocenters. The first kappa shape index (κ1) is 15.1. The second-order valence-electron chi connectivity index (χ2n) is 6.27. The number of halogens is 3. The lowest BCUT2D eigenvalue weighted by molar-refractivity contribution is -0.193. The molecule has 2 rings (SSSR count). The molecule has 1 saturated heterocycles. The maximum Gasteiger partial charge on any atom is 0.391 e. The molecular formula is C14H25F3N2. The van der Waals surface area contributed by atoms with Crippen LogP contribution in [-0.2, 0) is 0 Å². The molecule has 0 spiro atoms. The maximum absolute atomic E-state index is 13.0. The summed E-state index contributed by atoms with van der Waals surface area (Å²) in [6.07, 6.45) is 0.0976. The second kappa shape index (κ2) is 5.60. The first-order valence-electron chi connectivity index (χ1n) is 7.43. The molecule has 0 radical (unpaired) electrons. The van der Waals surface area contributed by atoms with E-state index in [2.05, 4.69) is 11.8 Å². The molecule has 2 nitrogen and oxygen atoms in total. The van der Waals surface area contributed by atoms with Crippen molar-refractivity contribution in [3.8, 4) is 0 Å². The Hall–Kier alpha value is -0.290. The number of rotatable bonds is 3. The zero-order valence-electron chi connectivity index (χ0n) is 11.7. The van der Waals surface area contributed by atoms with Crippen LogP contribution in [0.5, 0.6) is 0 Å². The maximum atomic E-state index is 13.0. The van der Waals surface area contributed by atoms with Crippen LogP contribution < -0.4 is 5.73 Å². The van der Waals surface area contributed by atoms with Gasteiger partial charge in [-0.1, -0.05) is 19.8 Å². The molecule has 1 heterocycles. The Labute approximate surface area is 113 Å². The van der Waals surface area contributed by atoms with Crippen LogP contribution in [0.1, 0.15) is 45.4 Å². The van der Waals surface area contributed by atoms with Crippen LogP contribution in [0, 0.1) is 11.8 Å². The van der Waals surface area contributed by atoms with E-state index in [9.17, 15) is 13.2 Å². The summed E-state index contributed by atoms with van der Waals surface area (Å²) in [6.45, 7) is 4.36. The van der Waals surface area contributed by atoms with Gasteiger partial charge >= 0.3 is 6.18 Å². The molecule has 0 aromatic carbocycles. The van der Waals surface area contributed by atoms with Crippen LogP contribution in [0.15, 0.2) is 0 Å². The Morgan fingerprint density at radius 2 is 2.05 bits per heavy atom. The van der Waals surface area contributed by atoms with Crippen molar-refractivity contribution < 1.29 is 13.2 Å². The van der Waals surface area contributed by atoms with Gasteiger partial charge in [0.15, 0.2) is 0 Å². The van der Waals surface area contributed by atoms with Crippen molar-refractivity contribution in [1.82, 2.24) is 4.90 Å². The van der Waals surface area contributed by atoms with E-state index >= 15 is 0 Å². The minimum atomic E-state index is -4.06. The number of nitrogens with zero attached hydrogens (tertiary/aromatic N) is 1. The average Bonchev–Trinajstić information content (AvgIpc) is 2.87. The zero-order valence-corrected chi connectivity index (χ0v) is 11.7. The van der Waals surface area contributed by atoms with Gasteiger partial charge < -0.3 is 5.73 Å². The fourth-order valence-corrected chi connectivity index (χ4v) is 3.82. The third-order valence-corrected chi connectivity index (χ3v) is 5.20. The van der Waals surface area contributed by atoms with E-state index in [1.54, 1.807) is 0 Å². The SMILES string of the molecule is CCC1CCN(C2(CN)CCCC(C(F)(F)F)C2)C1. The van der Waals surface area contributed by atoms with E-state index < -0.39 is 17.6 Å². The Morgan fingerprint density at radius 1 is 1.32 bits per heavy atom. The number of nitrogens with two attached hydrogens (primary N) is 1. The summed E-state index contributed by atoms with van der Waals surface area (Å²) in [5.41, 5.74) is 5.50. The first-order chi connectivity index (χ1) is 8.91. The zero-order chi connectivity index (χ0) is 14.1. The molecule has 0 amide bonds. The van der Waals surface area contributed by atoms with Gasteiger partial charge in [0, 0.05) is 18.6 Å². The third kappa shape index (κ3) is 3.07. The minimum absolute atomic E-state index is 0.198. The van der Waals surface area contributed by atoms with Crippen LogP contribution >= 0.6 is 0 Å². The smallest absolute Gasteiger partial charge is 0.329 e. The summed E-state index contributed by atoms with van der Waals surface area (Å²) in [4.78, 5) is 2.26. The van der Waals surface area contributed by atoms with Crippen LogP contribution in [0.2, 0.25) is 0 Å². The standard InChI is InChI=1S/C14H25F3N2/c1-2-11-5-7-19(9-11)13(10-18)6-3-4-12(8-13)14(15,16)17/h11-12H,2-10,18H2,1H3. The van der Waals surface area contributed by atoms with Gasteiger partial charge in [0.25, 0.3) is 0 Å². The van der Waals surface area contributed by atoms with Crippen LogP contribution in [0.3, 0.4) is 0 Å². The Balaban J connectivity index is 2.09. The van der Waals surface area contributed by atoms with Gasteiger partial charge in [-0.05, 0) is 38.1 Å². The molecule has 3 unspecified atom stereocenters. The molecule has 1 saturated carbocycles. The highest BCUT2D eigenvalue weighted by Crippen LogP contribution is 2.45. The number of hydrogen-bond acceptors (Lipinski definition) is 2. The summed E-state index contributed by atoms with van der Waals surface area (Å²) < 4.78 is 39.0. The quantitative estimate of drug-likeness (QED) is 0.859. The van der Waals surface area contributed by atoms with E-state index in [0.717, 1.165) is 32.4 Å². The molecule has 2 aliphatic rings. The summed E-state index contributed by atoms with van der Waals surface area (Å²) >= 11 is 0. The van der Waals surface area contributed by atoms with Crippen molar-refractivity contribution in [1.29, 1.82) is 0 Å². The van der Waals surface area contributed by atoms with Crippen molar-refractivity contribution in [2.75, 3.05) is 19.6 Å². The molecule has 0 aromatic heterocycles. The fraction of sp³-hybridized carbons (Fsp3) is 1.00. The average molecular weight is 278 g/mol. The molecular weight excluding hydrogens is 253 g/mol. The lowest BCUT2D eigenvalue weighted by Crippen LogP contribution is -2.56. The number of alkyl halides is 3. The van der Waals surface area contributed by atoms with E-state index in [1.807, 2.05) is 0 Å². The molecule has 1 aliphatic carbocycles. The number of likely N-dealkylation sites (tertiary alicyclic amines) is 1. The minimum Gasteiger partial charge on any atom is -0.329 e. The largest absolute Gasteiger partial charge is 0.391 e. The number of hydrogen-bond donors (Lipinski definition) is 1. The highest BCUT2D eigenvalue weighted by molar-refractivity contribution is 5.00. The van der Waals surface area contributed by atoms with Crippen LogP contribution in [-0.4, -0.2) is 36.2 Å². The second-order valence-corrected chi connectivity index (χ2v) is 6.27. The van der Waals surface area contributed by atoms with E-state index in [4.69, 9.17) is 5.73 Å². The molecule has 0 aromatic rings. The highest BCUT2D eigenvalue weighted by Gasteiger charge is 2.50. The van der Waals surface area contributed by atoms with Gasteiger partial charge in [-0.25, -0.2) is 0 Å². The Bertz CT molecular complexity index is 306. The topological polar surface area (TPSA) is 29.3 Å². The van der Waals surface area contributed by atoms with Crippen molar-refractivity contribution in [2.24, 2.45) is 17.6 Å². The lowest BCUT2D eigenvalue weighted by atomic mass is 9.74. The molecule has 0 bridgehead atoms. The van der Waals surface area contributed by atoms with Gasteiger partial charge in [0.2, 0.25) is 0 Å². The van der Waals surface area contributed by atoms with Crippen molar-refractivity contribution in [3.63, 3.8) is 0 Å². The van der Waals surface area contributed by atoms with Gasteiger partial charge in [0.1, 0.15) is 0 Å². The summed E-state index contributed by atoms with van der Waals surface area (Å²) in [5, 5.41) is 0. The van der Waals surface area contributed by atoms with Crippen molar-refractivity contribution in [3.05, 3.63) is 0 Å². The van der Waals surface area contributed by atoms with Gasteiger partial charge in [-0.2, -0.15) is 13.2 Å². The third-order valence-electron chi connectivity index (χ3n) is 5.20. The monoisotopic (exact) mass is 278 g/mol. The Morgan fingerprint density at radius 3 is 2.58 bits per heavy atom. The van der Waals surface area contributed by atoms with Crippen LogP contribution in [0.25, 0.3) is 0 Å². The molecule has 112 valence electrons. The molecule has 1 aliphatic heterocycles. The predicted octanol–water partition coefficient (Wildman–Crippen LogP) is 3.17. The normalized spacial score (nSPS) is 37.7. The van der Waals surface area contributed by atoms with E-state index in [0.29, 0.717) is 18.9 Å². The van der Waals surface area contributed by atoms with Gasteiger partial charge in [-0.15, -0.1) is 0 Å². The molecule has 2 N–H and O–H groups in total. The summed E-state index contributed by atoms with van der Waals surface area (Å²) in [5.74, 6) is -0.528. The van der Waals surface area contributed by atoms with E-state index in [-0.39, 0.29) is 12.8 Å². The van der Waals surface area contributed by atoms with Gasteiger partial charge in [-0.3, -0.25) is 4.90 Å². The molecule has 5 heteroatoms. The molecule has 19 heavy (non-hydrogen) atoms. The summed E-state index contributed by atoms with van der Waals surface area (Å²) in [6, 6.07) is 0. The van der Waals surface area contributed by atoms with E-state index in [1.165, 1.54) is 0 Å². The molecule has 2 fully saturated rings.